The maximum Gasteiger partial charge on any atom is 0.273 e. The summed E-state index contributed by atoms with van der Waals surface area (Å²) in [6, 6.07) is 0. The number of carbonyl (C=O) groups excluding carboxylic acids is 1. The van der Waals surface area contributed by atoms with Gasteiger partial charge in [0.2, 0.25) is 0 Å². The Morgan fingerprint density at radius 1 is 1.48 bits per heavy atom. The van der Waals surface area contributed by atoms with Crippen molar-refractivity contribution in [2.75, 3.05) is 13.1 Å². The lowest BCUT2D eigenvalue weighted by molar-refractivity contribution is 0.0730. The second kappa shape index (κ2) is 9.18. The third-order valence-corrected chi connectivity index (χ3v) is 4.66. The van der Waals surface area contributed by atoms with E-state index >= 15 is 0 Å². The molecule has 1 amide bonds. The van der Waals surface area contributed by atoms with Crippen LogP contribution < -0.4 is 5.73 Å². The van der Waals surface area contributed by atoms with Crippen LogP contribution in [0.4, 0.5) is 0 Å². The van der Waals surface area contributed by atoms with Gasteiger partial charge >= 0.3 is 0 Å². The molecule has 4 nitrogen and oxygen atoms in total. The average Bonchev–Trinajstić information content (AvgIpc) is 2.96. The second-order valence-corrected chi connectivity index (χ2v) is 6.28. The monoisotopic (exact) mass is 329 g/mol. The smallest absolute Gasteiger partial charge is 0.273 e. The largest absolute Gasteiger partial charge is 0.333 e. The molecule has 1 aliphatic carbocycles. The number of carbonyl (C=O) groups is 1. The lowest BCUT2D eigenvalue weighted by Crippen LogP contribution is -2.36. The zero-order valence-electron chi connectivity index (χ0n) is 12.3. The summed E-state index contributed by atoms with van der Waals surface area (Å²) in [6.45, 7) is 5.56. The quantitative estimate of drug-likeness (QED) is 0.815. The summed E-state index contributed by atoms with van der Waals surface area (Å²) < 4.78 is 0. The van der Waals surface area contributed by atoms with Crippen LogP contribution in [0, 0.1) is 5.92 Å². The molecule has 0 radical (unpaired) electrons. The molecule has 1 aromatic heterocycles. The van der Waals surface area contributed by atoms with E-state index in [1.165, 1.54) is 43.4 Å². The predicted octanol–water partition coefficient (Wildman–Crippen LogP) is 3.23. The molecule has 0 aromatic carbocycles. The van der Waals surface area contributed by atoms with Crippen molar-refractivity contribution in [3.05, 3.63) is 28.7 Å². The molecule has 0 spiro atoms. The highest BCUT2D eigenvalue weighted by molar-refractivity contribution is 7.09. The molecule has 0 saturated heterocycles. The molecule has 1 aromatic rings. The van der Waals surface area contributed by atoms with Crippen LogP contribution in [-0.4, -0.2) is 28.9 Å². The molecule has 1 saturated carbocycles. The minimum Gasteiger partial charge on any atom is -0.333 e. The van der Waals surface area contributed by atoms with Crippen molar-refractivity contribution in [2.45, 2.75) is 38.6 Å². The van der Waals surface area contributed by atoms with Gasteiger partial charge in [-0.25, -0.2) is 4.98 Å². The average molecular weight is 330 g/mol. The predicted molar refractivity (Wildman–Crippen MR) is 89.9 cm³/mol. The molecule has 2 N–H and O–H groups in total. The molecule has 118 valence electrons. The van der Waals surface area contributed by atoms with Crippen LogP contribution in [0.25, 0.3) is 0 Å². The van der Waals surface area contributed by atoms with Gasteiger partial charge in [0, 0.05) is 25.0 Å². The van der Waals surface area contributed by atoms with Gasteiger partial charge in [-0.05, 0) is 18.8 Å². The van der Waals surface area contributed by atoms with E-state index in [-0.39, 0.29) is 18.3 Å². The lowest BCUT2D eigenvalue weighted by atomic mass is 9.89. The summed E-state index contributed by atoms with van der Waals surface area (Å²) >= 11 is 1.45. The molecule has 21 heavy (non-hydrogen) atoms. The molecule has 0 atom stereocenters. The van der Waals surface area contributed by atoms with E-state index in [1.807, 2.05) is 10.3 Å². The molecular weight excluding hydrogens is 306 g/mol. The SMILES string of the molecule is C=CCN(CC1CCCCC1)C(=O)c1csc(CN)n1.Cl. The van der Waals surface area contributed by atoms with Crippen molar-refractivity contribution < 1.29 is 4.79 Å². The fourth-order valence-corrected chi connectivity index (χ4v) is 3.39. The summed E-state index contributed by atoms with van der Waals surface area (Å²) in [5.41, 5.74) is 6.08. The number of halogens is 1. The van der Waals surface area contributed by atoms with Gasteiger partial charge in [0.25, 0.3) is 5.91 Å². The van der Waals surface area contributed by atoms with Gasteiger partial charge in [-0.2, -0.15) is 0 Å². The summed E-state index contributed by atoms with van der Waals surface area (Å²) in [6.07, 6.45) is 8.15. The highest BCUT2D eigenvalue weighted by atomic mass is 35.5. The van der Waals surface area contributed by atoms with E-state index in [1.54, 1.807) is 6.08 Å². The first-order chi connectivity index (χ1) is 9.74. The highest BCUT2D eigenvalue weighted by Crippen LogP contribution is 2.25. The fraction of sp³-hybridized carbons (Fsp3) is 0.600. The summed E-state index contributed by atoms with van der Waals surface area (Å²) in [7, 11) is 0. The van der Waals surface area contributed by atoms with Gasteiger partial charge in [0.15, 0.2) is 0 Å². The van der Waals surface area contributed by atoms with Crippen LogP contribution in [0.1, 0.15) is 47.6 Å². The van der Waals surface area contributed by atoms with Crippen molar-refractivity contribution in [1.29, 1.82) is 0 Å². The number of hydrogen-bond acceptors (Lipinski definition) is 4. The normalized spacial score (nSPS) is 15.3. The molecule has 0 unspecified atom stereocenters. The minimum absolute atomic E-state index is 0. The maximum absolute atomic E-state index is 12.5. The molecule has 2 rings (SSSR count). The number of hydrogen-bond donors (Lipinski definition) is 1. The topological polar surface area (TPSA) is 59.2 Å². The number of thiazole rings is 1. The van der Waals surface area contributed by atoms with E-state index in [0.717, 1.165) is 11.6 Å². The molecule has 1 fully saturated rings. The number of nitrogens with two attached hydrogens (primary N) is 1. The Balaban J connectivity index is 0.00000220. The number of rotatable bonds is 6. The van der Waals surface area contributed by atoms with E-state index in [2.05, 4.69) is 11.6 Å². The standard InChI is InChI=1S/C15H23N3OS.ClH/c1-2-8-18(10-12-6-4-3-5-7-12)15(19)13-11-20-14(9-16)17-13;/h2,11-12H,1,3-10,16H2;1H. The zero-order chi connectivity index (χ0) is 14.4. The maximum atomic E-state index is 12.5. The molecule has 1 aliphatic rings. The van der Waals surface area contributed by atoms with Crippen LogP contribution in [0.15, 0.2) is 18.0 Å². The van der Waals surface area contributed by atoms with Gasteiger partial charge < -0.3 is 10.6 Å². The van der Waals surface area contributed by atoms with E-state index in [0.29, 0.717) is 24.7 Å². The Hall–Kier alpha value is -0.910. The third-order valence-electron chi connectivity index (χ3n) is 3.79. The number of amides is 1. The molecular formula is C15H24ClN3OS. The van der Waals surface area contributed by atoms with Gasteiger partial charge in [0.1, 0.15) is 10.7 Å². The minimum atomic E-state index is 0. The first-order valence-electron chi connectivity index (χ1n) is 7.29. The van der Waals surface area contributed by atoms with Gasteiger partial charge in [-0.15, -0.1) is 30.3 Å². The van der Waals surface area contributed by atoms with Gasteiger partial charge in [0.05, 0.1) is 0 Å². The molecule has 1 heterocycles. The third kappa shape index (κ3) is 5.09. The Bertz CT molecular complexity index is 458. The summed E-state index contributed by atoms with van der Waals surface area (Å²) in [5, 5.41) is 2.62. The first kappa shape index (κ1) is 18.1. The van der Waals surface area contributed by atoms with Crippen LogP contribution in [0.3, 0.4) is 0 Å². The number of nitrogens with zero attached hydrogens (tertiary/aromatic N) is 2. The van der Waals surface area contributed by atoms with Crippen molar-refractivity contribution in [2.24, 2.45) is 11.7 Å². The summed E-state index contributed by atoms with van der Waals surface area (Å²) in [4.78, 5) is 18.7. The zero-order valence-corrected chi connectivity index (χ0v) is 13.9. The lowest BCUT2D eigenvalue weighted by Gasteiger charge is -2.28. The Morgan fingerprint density at radius 3 is 2.76 bits per heavy atom. The van der Waals surface area contributed by atoms with Crippen molar-refractivity contribution in [3.8, 4) is 0 Å². The van der Waals surface area contributed by atoms with Crippen LogP contribution in [-0.2, 0) is 6.54 Å². The van der Waals surface area contributed by atoms with Gasteiger partial charge in [-0.3, -0.25) is 4.79 Å². The van der Waals surface area contributed by atoms with Crippen molar-refractivity contribution in [1.82, 2.24) is 9.88 Å². The Labute approximate surface area is 136 Å². The molecule has 6 heteroatoms. The van der Waals surface area contributed by atoms with Crippen LogP contribution in [0.2, 0.25) is 0 Å². The Morgan fingerprint density at radius 2 is 2.19 bits per heavy atom. The van der Waals surface area contributed by atoms with E-state index < -0.39 is 0 Å². The molecule has 0 bridgehead atoms. The highest BCUT2D eigenvalue weighted by Gasteiger charge is 2.22. The Kier molecular flexibility index (Phi) is 7.93. The first-order valence-corrected chi connectivity index (χ1v) is 8.17. The fourth-order valence-electron chi connectivity index (χ4n) is 2.74. The van der Waals surface area contributed by atoms with Gasteiger partial charge in [-0.1, -0.05) is 25.3 Å². The summed E-state index contributed by atoms with van der Waals surface area (Å²) in [5.74, 6) is 0.631. The number of aromatic nitrogens is 1. The van der Waals surface area contributed by atoms with E-state index in [4.69, 9.17) is 5.73 Å². The van der Waals surface area contributed by atoms with Crippen molar-refractivity contribution in [3.63, 3.8) is 0 Å². The second-order valence-electron chi connectivity index (χ2n) is 5.33. The van der Waals surface area contributed by atoms with Crippen molar-refractivity contribution >= 4 is 29.7 Å². The van der Waals surface area contributed by atoms with E-state index in [9.17, 15) is 4.79 Å². The molecule has 0 aliphatic heterocycles. The van der Waals surface area contributed by atoms with Crippen LogP contribution >= 0.6 is 23.7 Å². The van der Waals surface area contributed by atoms with Crippen LogP contribution in [0.5, 0.6) is 0 Å².